The molecule has 3 rings (SSSR count). The van der Waals surface area contributed by atoms with Crippen LogP contribution in [0.25, 0.3) is 0 Å². The van der Waals surface area contributed by atoms with Crippen LogP contribution in [0, 0.1) is 0 Å². The fraction of sp³-hybridized carbons (Fsp3) is 0.538. The predicted molar refractivity (Wildman–Crippen MR) is 70.6 cm³/mol. The molecular weight excluding hydrogens is 246 g/mol. The highest BCUT2D eigenvalue weighted by atomic mass is 32.1. The summed E-state index contributed by atoms with van der Waals surface area (Å²) in [5, 5.41) is 9.63. The van der Waals surface area contributed by atoms with Crippen molar-refractivity contribution in [2.45, 2.75) is 38.1 Å². The molecule has 1 N–H and O–H groups in total. The van der Waals surface area contributed by atoms with Crippen LogP contribution in [0.5, 0.6) is 0 Å². The molecular formula is C13H17N3OS. The Morgan fingerprint density at radius 3 is 3.28 bits per heavy atom. The van der Waals surface area contributed by atoms with Crippen LogP contribution in [0.4, 0.5) is 0 Å². The van der Waals surface area contributed by atoms with Crippen LogP contribution in [0.2, 0.25) is 0 Å². The molecule has 3 heterocycles. The Labute approximate surface area is 110 Å². The van der Waals surface area contributed by atoms with Gasteiger partial charge in [0, 0.05) is 11.3 Å². The Morgan fingerprint density at radius 2 is 2.39 bits per heavy atom. The topological polar surface area (TPSA) is 51.0 Å². The minimum atomic E-state index is 0.247. The molecule has 0 amide bonds. The van der Waals surface area contributed by atoms with Crippen molar-refractivity contribution < 1.29 is 4.52 Å². The van der Waals surface area contributed by atoms with Crippen molar-refractivity contribution in [2.24, 2.45) is 0 Å². The standard InChI is InChI=1S/C13H17N3OS/c1-2-6-11(14-7-3-1)13-15-12(16-17-13)9-10-5-4-8-18-10/h4-5,8,11,14H,1-3,6-7,9H2. The van der Waals surface area contributed by atoms with E-state index in [-0.39, 0.29) is 6.04 Å². The lowest BCUT2D eigenvalue weighted by atomic mass is 10.1. The van der Waals surface area contributed by atoms with Gasteiger partial charge in [0.2, 0.25) is 5.89 Å². The number of nitrogens with zero attached hydrogens (tertiary/aromatic N) is 2. The molecule has 2 aromatic rings. The first kappa shape index (κ1) is 11.9. The third-order valence-corrected chi connectivity index (χ3v) is 4.13. The lowest BCUT2D eigenvalue weighted by Gasteiger charge is -2.09. The van der Waals surface area contributed by atoms with E-state index in [1.807, 2.05) is 6.07 Å². The van der Waals surface area contributed by atoms with Gasteiger partial charge in [0.05, 0.1) is 6.04 Å². The van der Waals surface area contributed by atoms with Gasteiger partial charge in [0.15, 0.2) is 5.82 Å². The van der Waals surface area contributed by atoms with Crippen LogP contribution in [0.15, 0.2) is 22.0 Å². The molecule has 0 bridgehead atoms. The molecule has 0 aromatic carbocycles. The number of hydrogen-bond donors (Lipinski definition) is 1. The van der Waals surface area contributed by atoms with Crippen LogP contribution in [-0.2, 0) is 6.42 Å². The molecule has 1 fully saturated rings. The maximum Gasteiger partial charge on any atom is 0.243 e. The fourth-order valence-electron chi connectivity index (χ4n) is 2.29. The zero-order chi connectivity index (χ0) is 12.2. The van der Waals surface area contributed by atoms with E-state index in [0.29, 0.717) is 0 Å². The summed E-state index contributed by atoms with van der Waals surface area (Å²) >= 11 is 1.73. The minimum Gasteiger partial charge on any atom is -0.338 e. The molecule has 1 saturated heterocycles. The van der Waals surface area contributed by atoms with Crippen LogP contribution in [0.3, 0.4) is 0 Å². The largest absolute Gasteiger partial charge is 0.338 e. The van der Waals surface area contributed by atoms with Crippen LogP contribution in [0.1, 0.15) is 48.3 Å². The van der Waals surface area contributed by atoms with Crippen LogP contribution < -0.4 is 5.32 Å². The van der Waals surface area contributed by atoms with Crippen LogP contribution in [-0.4, -0.2) is 16.7 Å². The van der Waals surface area contributed by atoms with Gasteiger partial charge in [-0.1, -0.05) is 24.1 Å². The van der Waals surface area contributed by atoms with Gasteiger partial charge in [0.25, 0.3) is 0 Å². The molecule has 4 nitrogen and oxygen atoms in total. The first-order valence-corrected chi connectivity index (χ1v) is 7.38. The van der Waals surface area contributed by atoms with E-state index < -0.39 is 0 Å². The van der Waals surface area contributed by atoms with Gasteiger partial charge in [-0.25, -0.2) is 0 Å². The van der Waals surface area contributed by atoms with Crippen molar-refractivity contribution in [3.05, 3.63) is 34.1 Å². The van der Waals surface area contributed by atoms with E-state index in [0.717, 1.165) is 31.1 Å². The molecule has 0 saturated carbocycles. The maximum absolute atomic E-state index is 5.39. The van der Waals surface area contributed by atoms with Gasteiger partial charge >= 0.3 is 0 Å². The average Bonchev–Trinajstić information content (AvgIpc) is 2.97. The highest BCUT2D eigenvalue weighted by Gasteiger charge is 2.20. The molecule has 5 heteroatoms. The second-order valence-electron chi connectivity index (χ2n) is 4.66. The summed E-state index contributed by atoms with van der Waals surface area (Å²) in [4.78, 5) is 5.79. The van der Waals surface area contributed by atoms with Gasteiger partial charge < -0.3 is 9.84 Å². The Morgan fingerprint density at radius 1 is 1.39 bits per heavy atom. The summed E-state index contributed by atoms with van der Waals surface area (Å²) < 4.78 is 5.39. The van der Waals surface area contributed by atoms with Crippen molar-refractivity contribution in [3.8, 4) is 0 Å². The van der Waals surface area contributed by atoms with Gasteiger partial charge in [-0.3, -0.25) is 0 Å². The monoisotopic (exact) mass is 263 g/mol. The van der Waals surface area contributed by atoms with E-state index in [1.165, 1.54) is 24.1 Å². The second-order valence-corrected chi connectivity index (χ2v) is 5.69. The Bertz CT molecular complexity index is 472. The highest BCUT2D eigenvalue weighted by molar-refractivity contribution is 7.09. The minimum absolute atomic E-state index is 0.247. The number of aromatic nitrogens is 2. The Hall–Kier alpha value is -1.20. The van der Waals surface area contributed by atoms with Crippen molar-refractivity contribution in [2.75, 3.05) is 6.54 Å². The summed E-state index contributed by atoms with van der Waals surface area (Å²) in [5.74, 6) is 1.54. The molecule has 18 heavy (non-hydrogen) atoms. The molecule has 1 aliphatic rings. The number of hydrogen-bond acceptors (Lipinski definition) is 5. The summed E-state index contributed by atoms with van der Waals surface area (Å²) in [6.07, 6.45) is 5.64. The third-order valence-electron chi connectivity index (χ3n) is 3.25. The first-order chi connectivity index (χ1) is 8.92. The van der Waals surface area contributed by atoms with Crippen molar-refractivity contribution in [1.82, 2.24) is 15.5 Å². The number of nitrogens with one attached hydrogen (secondary N) is 1. The quantitative estimate of drug-likeness (QED) is 0.925. The molecule has 2 aromatic heterocycles. The van der Waals surface area contributed by atoms with Crippen LogP contribution >= 0.6 is 11.3 Å². The van der Waals surface area contributed by atoms with E-state index in [9.17, 15) is 0 Å². The summed E-state index contributed by atoms with van der Waals surface area (Å²) in [7, 11) is 0. The smallest absolute Gasteiger partial charge is 0.243 e. The molecule has 96 valence electrons. The summed E-state index contributed by atoms with van der Waals surface area (Å²) in [6.45, 7) is 1.05. The van der Waals surface area contributed by atoms with Crippen molar-refractivity contribution in [3.63, 3.8) is 0 Å². The second kappa shape index (κ2) is 5.63. The van der Waals surface area contributed by atoms with Crippen molar-refractivity contribution >= 4 is 11.3 Å². The molecule has 0 radical (unpaired) electrons. The number of rotatable bonds is 3. The predicted octanol–water partition coefficient (Wildman–Crippen LogP) is 2.93. The zero-order valence-corrected chi connectivity index (χ0v) is 11.1. The highest BCUT2D eigenvalue weighted by Crippen LogP contribution is 2.22. The Balaban J connectivity index is 1.68. The van der Waals surface area contributed by atoms with E-state index in [2.05, 4.69) is 26.9 Å². The summed E-state index contributed by atoms with van der Waals surface area (Å²) in [6, 6.07) is 4.40. The molecule has 0 aliphatic carbocycles. The van der Waals surface area contributed by atoms with E-state index >= 15 is 0 Å². The van der Waals surface area contributed by atoms with Gasteiger partial charge in [-0.15, -0.1) is 11.3 Å². The van der Waals surface area contributed by atoms with E-state index in [1.54, 1.807) is 11.3 Å². The maximum atomic E-state index is 5.39. The van der Waals surface area contributed by atoms with Gasteiger partial charge in [0.1, 0.15) is 0 Å². The Kier molecular flexibility index (Phi) is 3.71. The molecule has 1 aliphatic heterocycles. The molecule has 0 spiro atoms. The normalized spacial score (nSPS) is 20.8. The third kappa shape index (κ3) is 2.79. The SMILES string of the molecule is c1csc(Cc2noc(C3CCCCCN3)n2)c1. The van der Waals surface area contributed by atoms with Gasteiger partial charge in [-0.2, -0.15) is 4.98 Å². The lowest BCUT2D eigenvalue weighted by molar-refractivity contribution is 0.325. The molecule has 1 atom stereocenters. The van der Waals surface area contributed by atoms with Crippen molar-refractivity contribution in [1.29, 1.82) is 0 Å². The number of thiophene rings is 1. The first-order valence-electron chi connectivity index (χ1n) is 6.50. The average molecular weight is 263 g/mol. The van der Waals surface area contributed by atoms with E-state index in [4.69, 9.17) is 4.52 Å². The fourth-order valence-corrected chi connectivity index (χ4v) is 2.99. The molecule has 1 unspecified atom stereocenters. The van der Waals surface area contributed by atoms with Gasteiger partial charge in [-0.05, 0) is 30.8 Å². The summed E-state index contributed by atoms with van der Waals surface area (Å²) in [5.41, 5.74) is 0. The zero-order valence-electron chi connectivity index (χ0n) is 10.3. The lowest BCUT2D eigenvalue weighted by Crippen LogP contribution is -2.20.